The Morgan fingerprint density at radius 3 is 2.53 bits per heavy atom. The van der Waals surface area contributed by atoms with Gasteiger partial charge >= 0.3 is 5.97 Å². The van der Waals surface area contributed by atoms with Crippen LogP contribution in [0.5, 0.6) is 0 Å². The van der Waals surface area contributed by atoms with Crippen LogP contribution in [0.2, 0.25) is 0 Å². The summed E-state index contributed by atoms with van der Waals surface area (Å²) >= 11 is 0. The summed E-state index contributed by atoms with van der Waals surface area (Å²) in [5.74, 6) is -1.68. The number of carbonyl (C=O) groups excluding carboxylic acids is 2. The molecule has 0 radical (unpaired) electrons. The molecule has 4 heteroatoms. The molecule has 90 valence electrons. The van der Waals surface area contributed by atoms with Crippen LogP contribution < -0.4 is 0 Å². The lowest BCUT2D eigenvalue weighted by molar-refractivity contribution is -0.139. The Hall–Kier alpha value is -1.97. The second-order valence-electron chi connectivity index (χ2n) is 3.36. The van der Waals surface area contributed by atoms with Gasteiger partial charge in [-0.1, -0.05) is 18.2 Å². The van der Waals surface area contributed by atoms with Gasteiger partial charge in [0.05, 0.1) is 6.61 Å². The number of ketones is 1. The van der Waals surface area contributed by atoms with E-state index in [9.17, 15) is 14.0 Å². The van der Waals surface area contributed by atoms with Gasteiger partial charge in [0.25, 0.3) is 0 Å². The summed E-state index contributed by atoms with van der Waals surface area (Å²) in [6.07, 6.45) is 1.20. The van der Waals surface area contributed by atoms with Crippen LogP contribution in [-0.4, -0.2) is 18.4 Å². The largest absolute Gasteiger partial charge is 0.462 e. The molecule has 0 saturated carbocycles. The topological polar surface area (TPSA) is 43.4 Å². The van der Waals surface area contributed by atoms with Crippen molar-refractivity contribution in [2.75, 3.05) is 6.61 Å². The number of benzene rings is 1. The fraction of sp³-hybridized carbons (Fsp3) is 0.231. The number of ether oxygens (including phenoxy) is 1. The van der Waals surface area contributed by atoms with E-state index >= 15 is 0 Å². The Morgan fingerprint density at radius 2 is 2.00 bits per heavy atom. The first-order valence-electron chi connectivity index (χ1n) is 5.20. The zero-order valence-corrected chi connectivity index (χ0v) is 9.70. The monoisotopic (exact) mass is 236 g/mol. The molecule has 0 unspecified atom stereocenters. The molecule has 0 heterocycles. The van der Waals surface area contributed by atoms with Gasteiger partial charge in [-0.15, -0.1) is 0 Å². The molecule has 0 aliphatic heterocycles. The number of hydrogen-bond donors (Lipinski definition) is 0. The third kappa shape index (κ3) is 3.52. The van der Waals surface area contributed by atoms with Crippen molar-refractivity contribution in [1.82, 2.24) is 0 Å². The van der Waals surface area contributed by atoms with E-state index in [1.165, 1.54) is 31.2 Å². The standard InChI is InChI=1S/C13H13FO3/c1-3-17-13(16)11(9(2)15)8-10-6-4-5-7-12(10)14/h4-8H,3H2,1-2H3. The quantitative estimate of drug-likeness (QED) is 0.349. The van der Waals surface area contributed by atoms with Crippen molar-refractivity contribution < 1.29 is 18.7 Å². The summed E-state index contributed by atoms with van der Waals surface area (Å²) in [5.41, 5.74) is 0.0303. The lowest BCUT2D eigenvalue weighted by Gasteiger charge is -2.04. The maximum atomic E-state index is 13.4. The molecule has 1 aromatic carbocycles. The lowest BCUT2D eigenvalue weighted by atomic mass is 10.1. The minimum atomic E-state index is -0.733. The number of rotatable bonds is 4. The molecular formula is C13H13FO3. The van der Waals surface area contributed by atoms with Crippen LogP contribution >= 0.6 is 0 Å². The fourth-order valence-corrected chi connectivity index (χ4v) is 1.26. The van der Waals surface area contributed by atoms with Crippen LogP contribution in [0.15, 0.2) is 29.8 Å². The van der Waals surface area contributed by atoms with Crippen molar-refractivity contribution in [3.63, 3.8) is 0 Å². The van der Waals surface area contributed by atoms with E-state index in [0.29, 0.717) is 0 Å². The highest BCUT2D eigenvalue weighted by molar-refractivity contribution is 6.19. The van der Waals surface area contributed by atoms with Gasteiger partial charge in [0.2, 0.25) is 0 Å². The molecule has 0 amide bonds. The number of carbonyl (C=O) groups is 2. The Morgan fingerprint density at radius 1 is 1.35 bits per heavy atom. The molecule has 1 rings (SSSR count). The van der Waals surface area contributed by atoms with Crippen LogP contribution in [0.25, 0.3) is 6.08 Å². The summed E-state index contributed by atoms with van der Waals surface area (Å²) in [6, 6.07) is 5.90. The molecule has 0 spiro atoms. The Labute approximate surface area is 98.9 Å². The Bertz CT molecular complexity index is 463. The fourth-order valence-electron chi connectivity index (χ4n) is 1.26. The summed E-state index contributed by atoms with van der Waals surface area (Å²) in [5, 5.41) is 0. The molecule has 17 heavy (non-hydrogen) atoms. The molecule has 0 atom stereocenters. The van der Waals surface area contributed by atoms with Crippen molar-refractivity contribution in [2.45, 2.75) is 13.8 Å². The predicted octanol–water partition coefficient (Wildman–Crippen LogP) is 2.36. The highest BCUT2D eigenvalue weighted by Gasteiger charge is 2.16. The molecule has 0 fully saturated rings. The Kier molecular flexibility index (Phi) is 4.57. The zero-order chi connectivity index (χ0) is 12.8. The molecule has 1 aromatic rings. The van der Waals surface area contributed by atoms with Crippen LogP contribution in [0.1, 0.15) is 19.4 Å². The second-order valence-corrected chi connectivity index (χ2v) is 3.36. The molecule has 0 bridgehead atoms. The Balaban J connectivity index is 3.11. The van der Waals surface area contributed by atoms with E-state index in [4.69, 9.17) is 4.74 Å². The number of Topliss-reactive ketones (excluding diaryl/α,β-unsaturated/α-hetero) is 1. The molecule has 0 saturated heterocycles. The van der Waals surface area contributed by atoms with Crippen LogP contribution in [0.3, 0.4) is 0 Å². The molecule has 0 aliphatic carbocycles. The van der Waals surface area contributed by atoms with Crippen LogP contribution in [0, 0.1) is 5.82 Å². The van der Waals surface area contributed by atoms with E-state index in [2.05, 4.69) is 0 Å². The molecule has 0 aromatic heterocycles. The molecule has 3 nitrogen and oxygen atoms in total. The van der Waals surface area contributed by atoms with Crippen molar-refractivity contribution >= 4 is 17.8 Å². The average molecular weight is 236 g/mol. The van der Waals surface area contributed by atoms with Gasteiger partial charge in [0.15, 0.2) is 5.78 Å². The summed E-state index contributed by atoms with van der Waals surface area (Å²) in [4.78, 5) is 22.8. The molecule has 0 N–H and O–H groups in total. The van der Waals surface area contributed by atoms with Gasteiger partial charge in [-0.3, -0.25) is 4.79 Å². The van der Waals surface area contributed by atoms with Gasteiger partial charge in [0.1, 0.15) is 11.4 Å². The average Bonchev–Trinajstić information content (AvgIpc) is 2.27. The van der Waals surface area contributed by atoms with Crippen molar-refractivity contribution in [1.29, 1.82) is 0 Å². The first-order chi connectivity index (χ1) is 8.06. The third-order valence-corrected chi connectivity index (χ3v) is 2.08. The number of halogens is 1. The van der Waals surface area contributed by atoms with E-state index in [0.717, 1.165) is 0 Å². The number of esters is 1. The first-order valence-corrected chi connectivity index (χ1v) is 5.20. The third-order valence-electron chi connectivity index (χ3n) is 2.08. The second kappa shape index (κ2) is 5.94. The van der Waals surface area contributed by atoms with E-state index in [1.807, 2.05) is 0 Å². The number of hydrogen-bond acceptors (Lipinski definition) is 3. The van der Waals surface area contributed by atoms with Gasteiger partial charge in [-0.2, -0.15) is 0 Å². The van der Waals surface area contributed by atoms with Crippen molar-refractivity contribution in [3.05, 3.63) is 41.2 Å². The zero-order valence-electron chi connectivity index (χ0n) is 9.70. The SMILES string of the molecule is CCOC(=O)C(=Cc1ccccc1F)C(C)=O. The smallest absolute Gasteiger partial charge is 0.341 e. The van der Waals surface area contributed by atoms with Crippen LogP contribution in [-0.2, 0) is 14.3 Å². The summed E-state index contributed by atoms with van der Waals surface area (Å²) < 4.78 is 18.1. The molecule has 0 aliphatic rings. The van der Waals surface area contributed by atoms with Crippen LogP contribution in [0.4, 0.5) is 4.39 Å². The minimum Gasteiger partial charge on any atom is -0.462 e. The van der Waals surface area contributed by atoms with Gasteiger partial charge in [0, 0.05) is 5.56 Å². The highest BCUT2D eigenvalue weighted by atomic mass is 19.1. The maximum Gasteiger partial charge on any atom is 0.341 e. The highest BCUT2D eigenvalue weighted by Crippen LogP contribution is 2.13. The van der Waals surface area contributed by atoms with Crippen molar-refractivity contribution in [2.24, 2.45) is 0 Å². The maximum absolute atomic E-state index is 13.4. The predicted molar refractivity (Wildman–Crippen MR) is 61.7 cm³/mol. The van der Waals surface area contributed by atoms with Gasteiger partial charge < -0.3 is 4.74 Å². The van der Waals surface area contributed by atoms with E-state index < -0.39 is 17.6 Å². The lowest BCUT2D eigenvalue weighted by Crippen LogP contribution is -2.13. The van der Waals surface area contributed by atoms with E-state index in [1.54, 1.807) is 13.0 Å². The molecular weight excluding hydrogens is 223 g/mol. The normalized spacial score (nSPS) is 11.1. The minimum absolute atomic E-state index is 0.156. The van der Waals surface area contributed by atoms with Crippen molar-refractivity contribution in [3.8, 4) is 0 Å². The van der Waals surface area contributed by atoms with E-state index in [-0.39, 0.29) is 17.7 Å². The van der Waals surface area contributed by atoms with Gasteiger partial charge in [-0.05, 0) is 26.0 Å². The van der Waals surface area contributed by atoms with Gasteiger partial charge in [-0.25, -0.2) is 9.18 Å². The summed E-state index contributed by atoms with van der Waals surface area (Å²) in [6.45, 7) is 3.04. The summed E-state index contributed by atoms with van der Waals surface area (Å²) in [7, 11) is 0. The first kappa shape index (κ1) is 13.1.